The van der Waals surface area contributed by atoms with Crippen LogP contribution in [0.2, 0.25) is 0 Å². The van der Waals surface area contributed by atoms with Crippen LogP contribution in [0, 0.1) is 0 Å². The fourth-order valence-electron chi connectivity index (χ4n) is 4.65. The van der Waals surface area contributed by atoms with E-state index in [1.807, 2.05) is 51.1 Å². The molecule has 3 fully saturated rings. The van der Waals surface area contributed by atoms with Gasteiger partial charge in [0.25, 0.3) is 0 Å². The van der Waals surface area contributed by atoms with Crippen LogP contribution in [-0.2, 0) is 21.7 Å². The maximum atomic E-state index is 13.1. The van der Waals surface area contributed by atoms with Crippen LogP contribution in [0.1, 0.15) is 69.8 Å². The van der Waals surface area contributed by atoms with Crippen molar-refractivity contribution in [3.63, 3.8) is 0 Å². The van der Waals surface area contributed by atoms with E-state index in [4.69, 9.17) is 14.0 Å². The SMILES string of the molecule is CN(C(=O)OC(C)(C)C)C1(c2nnc([C@@H]3CC[C@@H]4CN3C(=O)N4OCc3ccccc3)o2)CC1. The summed E-state index contributed by atoms with van der Waals surface area (Å²) in [6, 6.07) is 9.29. The number of amides is 3. The van der Waals surface area contributed by atoms with E-state index in [9.17, 15) is 9.59 Å². The van der Waals surface area contributed by atoms with Gasteiger partial charge in [-0.05, 0) is 52.0 Å². The lowest BCUT2D eigenvalue weighted by Crippen LogP contribution is -2.41. The summed E-state index contributed by atoms with van der Waals surface area (Å²) >= 11 is 0. The Bertz CT molecular complexity index is 1060. The van der Waals surface area contributed by atoms with E-state index >= 15 is 0 Å². The van der Waals surface area contributed by atoms with Gasteiger partial charge in [0, 0.05) is 13.6 Å². The minimum Gasteiger partial charge on any atom is -0.444 e. The number of benzene rings is 1. The third-order valence-electron chi connectivity index (χ3n) is 6.69. The first-order valence-electron chi connectivity index (χ1n) is 11.8. The molecule has 10 heteroatoms. The maximum Gasteiger partial charge on any atom is 0.410 e. The second-order valence-electron chi connectivity index (χ2n) is 10.3. The third-order valence-corrected chi connectivity index (χ3v) is 6.69. The largest absolute Gasteiger partial charge is 0.444 e. The van der Waals surface area contributed by atoms with Gasteiger partial charge in [0.2, 0.25) is 11.8 Å². The molecule has 0 spiro atoms. The first kappa shape index (κ1) is 22.6. The summed E-state index contributed by atoms with van der Waals surface area (Å²) < 4.78 is 11.6. The van der Waals surface area contributed by atoms with E-state index in [-0.39, 0.29) is 18.1 Å². The molecule has 3 aliphatic rings. The van der Waals surface area contributed by atoms with E-state index < -0.39 is 17.2 Å². The van der Waals surface area contributed by atoms with Crippen molar-refractivity contribution in [1.82, 2.24) is 25.1 Å². The highest BCUT2D eigenvalue weighted by Gasteiger charge is 2.56. The first-order chi connectivity index (χ1) is 16.2. The molecule has 1 saturated carbocycles. The number of fused-ring (bicyclic) bond motifs is 2. The van der Waals surface area contributed by atoms with E-state index in [2.05, 4.69) is 10.2 Å². The molecule has 3 amide bonds. The molecule has 1 aromatic carbocycles. The van der Waals surface area contributed by atoms with Crippen molar-refractivity contribution in [2.45, 2.75) is 76.3 Å². The second kappa shape index (κ2) is 8.26. The van der Waals surface area contributed by atoms with Gasteiger partial charge in [-0.3, -0.25) is 9.74 Å². The number of ether oxygens (including phenoxy) is 1. The zero-order valence-electron chi connectivity index (χ0n) is 20.1. The van der Waals surface area contributed by atoms with Crippen molar-refractivity contribution in [1.29, 1.82) is 0 Å². The maximum absolute atomic E-state index is 13.1. The molecule has 0 unspecified atom stereocenters. The minimum atomic E-state index is -0.648. The fourth-order valence-corrected chi connectivity index (χ4v) is 4.65. The Hall–Kier alpha value is -3.14. The van der Waals surface area contributed by atoms with E-state index in [1.54, 1.807) is 16.8 Å². The third kappa shape index (κ3) is 4.11. The lowest BCUT2D eigenvalue weighted by molar-refractivity contribution is -0.140. The summed E-state index contributed by atoms with van der Waals surface area (Å²) in [6.45, 7) is 6.39. The van der Waals surface area contributed by atoms with Crippen LogP contribution in [0.5, 0.6) is 0 Å². The quantitative estimate of drug-likeness (QED) is 0.630. The highest BCUT2D eigenvalue weighted by molar-refractivity contribution is 5.77. The fraction of sp³-hybridized carbons (Fsp3) is 0.583. The Balaban J connectivity index is 1.27. The molecule has 3 heterocycles. The van der Waals surface area contributed by atoms with Gasteiger partial charge < -0.3 is 14.1 Å². The first-order valence-corrected chi connectivity index (χ1v) is 11.8. The number of aromatic nitrogens is 2. The number of carbonyl (C=O) groups is 2. The van der Waals surface area contributed by atoms with Crippen molar-refractivity contribution in [3.05, 3.63) is 47.7 Å². The Labute approximate surface area is 198 Å². The number of hydroxylamine groups is 2. The average molecular weight is 470 g/mol. The van der Waals surface area contributed by atoms with Gasteiger partial charge >= 0.3 is 12.1 Å². The van der Waals surface area contributed by atoms with Gasteiger partial charge in [-0.25, -0.2) is 9.59 Å². The summed E-state index contributed by atoms with van der Waals surface area (Å²) in [5.41, 5.74) is -0.233. The van der Waals surface area contributed by atoms with E-state index in [1.165, 1.54) is 5.06 Å². The molecule has 34 heavy (non-hydrogen) atoms. The smallest absolute Gasteiger partial charge is 0.410 e. The molecule has 10 nitrogen and oxygen atoms in total. The molecule has 0 radical (unpaired) electrons. The Morgan fingerprint density at radius 2 is 1.94 bits per heavy atom. The molecule has 2 aromatic rings. The average Bonchev–Trinajstić information content (AvgIpc) is 3.39. The van der Waals surface area contributed by atoms with Crippen molar-refractivity contribution >= 4 is 12.1 Å². The number of hydrogen-bond acceptors (Lipinski definition) is 7. The van der Waals surface area contributed by atoms with Crippen molar-refractivity contribution in [2.24, 2.45) is 0 Å². The highest BCUT2D eigenvalue weighted by atomic mass is 16.7. The van der Waals surface area contributed by atoms with Crippen molar-refractivity contribution in [3.8, 4) is 0 Å². The molecular formula is C24H31N5O5. The Morgan fingerprint density at radius 1 is 1.21 bits per heavy atom. The van der Waals surface area contributed by atoms with Crippen LogP contribution in [0.4, 0.5) is 9.59 Å². The van der Waals surface area contributed by atoms with Crippen molar-refractivity contribution in [2.75, 3.05) is 13.6 Å². The molecule has 182 valence electrons. The van der Waals surface area contributed by atoms with E-state index in [0.29, 0.717) is 31.4 Å². The lowest BCUT2D eigenvalue weighted by Gasteiger charge is -2.29. The highest BCUT2D eigenvalue weighted by Crippen LogP contribution is 2.51. The predicted molar refractivity (Wildman–Crippen MR) is 120 cm³/mol. The van der Waals surface area contributed by atoms with Crippen LogP contribution in [0.15, 0.2) is 34.7 Å². The normalized spacial score (nSPS) is 23.2. The van der Waals surface area contributed by atoms with Gasteiger partial charge in [0.05, 0.1) is 6.04 Å². The molecule has 2 aliphatic heterocycles. The summed E-state index contributed by atoms with van der Waals surface area (Å²) in [5.74, 6) is 0.789. The van der Waals surface area contributed by atoms with Gasteiger partial charge in [0.15, 0.2) is 0 Å². The molecule has 0 N–H and O–H groups in total. The number of piperidine rings is 1. The second-order valence-corrected chi connectivity index (χ2v) is 10.3. The number of nitrogens with zero attached hydrogens (tertiary/aromatic N) is 5. The Kier molecular flexibility index (Phi) is 5.50. The van der Waals surface area contributed by atoms with Crippen LogP contribution in [-0.4, -0.2) is 62.4 Å². The molecule has 2 saturated heterocycles. The molecule has 5 rings (SSSR count). The monoisotopic (exact) mass is 469 g/mol. The lowest BCUT2D eigenvalue weighted by atomic mass is 10.0. The number of urea groups is 1. The number of hydrogen-bond donors (Lipinski definition) is 0. The summed E-state index contributed by atoms with van der Waals surface area (Å²) in [4.78, 5) is 34.9. The van der Waals surface area contributed by atoms with Crippen LogP contribution < -0.4 is 0 Å². The summed E-state index contributed by atoms with van der Waals surface area (Å²) in [5, 5.41) is 10.1. The molecule has 1 aliphatic carbocycles. The van der Waals surface area contributed by atoms with Crippen LogP contribution >= 0.6 is 0 Å². The number of carbonyl (C=O) groups excluding carboxylic acids is 2. The summed E-state index contributed by atoms with van der Waals surface area (Å²) in [6.07, 6.45) is 2.51. The molecule has 2 bridgehead atoms. The molecular weight excluding hydrogens is 438 g/mol. The zero-order valence-corrected chi connectivity index (χ0v) is 20.1. The van der Waals surface area contributed by atoms with Gasteiger partial charge in [-0.15, -0.1) is 10.2 Å². The van der Waals surface area contributed by atoms with Crippen LogP contribution in [0.25, 0.3) is 0 Å². The summed E-state index contributed by atoms with van der Waals surface area (Å²) in [7, 11) is 1.70. The minimum absolute atomic E-state index is 0.00271. The number of rotatable bonds is 6. The van der Waals surface area contributed by atoms with Gasteiger partial charge in [-0.1, -0.05) is 30.3 Å². The zero-order chi connectivity index (χ0) is 24.1. The molecule has 1 aromatic heterocycles. The topological polar surface area (TPSA) is 101 Å². The van der Waals surface area contributed by atoms with Crippen LogP contribution in [0.3, 0.4) is 0 Å². The van der Waals surface area contributed by atoms with Gasteiger partial charge in [0.1, 0.15) is 23.8 Å². The Morgan fingerprint density at radius 3 is 2.62 bits per heavy atom. The van der Waals surface area contributed by atoms with Crippen molar-refractivity contribution < 1.29 is 23.6 Å². The predicted octanol–water partition coefficient (Wildman–Crippen LogP) is 4.00. The molecule has 2 atom stereocenters. The standard InChI is InChI=1S/C24H31N5O5/c1-23(2,3)34-22(31)27(4)24(12-13-24)20-26-25-19(33-20)18-11-10-17-14-28(18)21(30)29(17)32-15-16-8-6-5-7-9-16/h5-9,17-18H,10-15H2,1-4H3/t17-,18+/m1/s1. The van der Waals surface area contributed by atoms with Gasteiger partial charge in [-0.2, -0.15) is 5.06 Å². The van der Waals surface area contributed by atoms with E-state index in [0.717, 1.165) is 24.8 Å².